The highest BCUT2D eigenvalue weighted by molar-refractivity contribution is 5.83. The van der Waals surface area contributed by atoms with E-state index in [0.29, 0.717) is 17.9 Å². The predicted octanol–water partition coefficient (Wildman–Crippen LogP) is 0.307. The van der Waals surface area contributed by atoms with Crippen LogP contribution in [0.3, 0.4) is 0 Å². The first kappa shape index (κ1) is 18.8. The molecule has 0 saturated heterocycles. The van der Waals surface area contributed by atoms with Crippen LogP contribution >= 0.6 is 0 Å². The number of fused-ring (bicyclic) bond motifs is 3. The van der Waals surface area contributed by atoms with E-state index < -0.39 is 23.6 Å². The quantitative estimate of drug-likeness (QED) is 0.392. The minimum absolute atomic E-state index is 0.0622. The Labute approximate surface area is 154 Å². The van der Waals surface area contributed by atoms with Crippen molar-refractivity contribution in [3.63, 3.8) is 0 Å². The molecule has 3 rings (SSSR count). The van der Waals surface area contributed by atoms with Gasteiger partial charge in [0.1, 0.15) is 35.9 Å². The van der Waals surface area contributed by atoms with E-state index in [1.54, 1.807) is 10.8 Å². The van der Waals surface area contributed by atoms with Crippen molar-refractivity contribution in [2.75, 3.05) is 13.7 Å². The number of carbonyl (C=O) groups excluding carboxylic acids is 1. The first-order valence-corrected chi connectivity index (χ1v) is 8.04. The second-order valence-electron chi connectivity index (χ2n) is 6.12. The van der Waals surface area contributed by atoms with Gasteiger partial charge in [0.05, 0.1) is 24.8 Å². The predicted molar refractivity (Wildman–Crippen MR) is 91.8 cm³/mol. The molecule has 2 atom stereocenters. The lowest BCUT2D eigenvalue weighted by Gasteiger charge is -2.12. The maximum atomic E-state index is 14.4. The fourth-order valence-corrected chi connectivity index (χ4v) is 2.60. The van der Waals surface area contributed by atoms with Crippen molar-refractivity contribution < 1.29 is 28.9 Å². The van der Waals surface area contributed by atoms with Gasteiger partial charge in [0.2, 0.25) is 5.60 Å². The third kappa shape index (κ3) is 3.64. The van der Waals surface area contributed by atoms with E-state index in [9.17, 15) is 19.4 Å². The molecule has 1 aromatic carbocycles. The zero-order valence-electron chi connectivity index (χ0n) is 14.7. The molecule has 2 unspecified atom stereocenters. The van der Waals surface area contributed by atoms with Crippen molar-refractivity contribution in [2.45, 2.75) is 25.3 Å². The van der Waals surface area contributed by atoms with Crippen LogP contribution in [-0.2, 0) is 16.1 Å². The number of aromatic nitrogens is 2. The van der Waals surface area contributed by atoms with Gasteiger partial charge in [-0.15, -0.1) is 0 Å². The fourth-order valence-electron chi connectivity index (χ4n) is 2.60. The Kier molecular flexibility index (Phi) is 4.89. The number of nitrogens with zero attached hydrogens (tertiary/aromatic N) is 2. The summed E-state index contributed by atoms with van der Waals surface area (Å²) in [6.07, 6.45) is 0.346. The average Bonchev–Trinajstić information content (AvgIpc) is 2.97. The number of hydrogen-bond donors (Lipinski definition) is 3. The van der Waals surface area contributed by atoms with Crippen LogP contribution in [0.25, 0.3) is 11.4 Å². The summed E-state index contributed by atoms with van der Waals surface area (Å²) >= 11 is 0. The molecule has 0 fully saturated rings. The van der Waals surface area contributed by atoms with Crippen LogP contribution in [0.1, 0.15) is 24.4 Å². The summed E-state index contributed by atoms with van der Waals surface area (Å²) in [5.74, 6) is 3.82. The number of imidazole rings is 1. The van der Waals surface area contributed by atoms with E-state index in [4.69, 9.17) is 10.5 Å². The van der Waals surface area contributed by atoms with Gasteiger partial charge < -0.3 is 30.0 Å². The second kappa shape index (κ2) is 7.00. The SMILES string of the molecule is COC(=O)C(C)(O)C#Cc1cc2c(cc1F)OCCn1cc(C(N)O)nc1-2. The highest BCUT2D eigenvalue weighted by Crippen LogP contribution is 2.34. The number of aliphatic hydroxyl groups excluding tert-OH is 1. The molecule has 0 saturated carbocycles. The summed E-state index contributed by atoms with van der Waals surface area (Å²) in [4.78, 5) is 15.8. The van der Waals surface area contributed by atoms with Gasteiger partial charge >= 0.3 is 5.97 Å². The maximum Gasteiger partial charge on any atom is 0.350 e. The number of rotatable bonds is 2. The van der Waals surface area contributed by atoms with E-state index in [-0.39, 0.29) is 23.6 Å². The third-order valence-corrected chi connectivity index (χ3v) is 4.02. The van der Waals surface area contributed by atoms with E-state index in [1.165, 1.54) is 6.07 Å². The van der Waals surface area contributed by atoms with Gasteiger partial charge in [0.15, 0.2) is 0 Å². The Hall–Kier alpha value is -2.93. The van der Waals surface area contributed by atoms with Crippen molar-refractivity contribution in [1.82, 2.24) is 9.55 Å². The van der Waals surface area contributed by atoms with Gasteiger partial charge in [0, 0.05) is 12.3 Å². The molecule has 0 bridgehead atoms. The summed E-state index contributed by atoms with van der Waals surface area (Å²) in [5.41, 5.74) is 4.04. The van der Waals surface area contributed by atoms with E-state index in [1.807, 2.05) is 0 Å². The van der Waals surface area contributed by atoms with Gasteiger partial charge in [0.25, 0.3) is 0 Å². The third-order valence-electron chi connectivity index (χ3n) is 4.02. The molecular formula is C18H18FN3O5. The lowest BCUT2D eigenvalue weighted by Crippen LogP contribution is -2.34. The van der Waals surface area contributed by atoms with Crippen LogP contribution in [0.4, 0.5) is 4.39 Å². The Morgan fingerprint density at radius 2 is 2.30 bits per heavy atom. The molecule has 0 radical (unpaired) electrons. The van der Waals surface area contributed by atoms with Gasteiger partial charge in [-0.1, -0.05) is 11.8 Å². The zero-order valence-corrected chi connectivity index (χ0v) is 14.7. The number of esters is 1. The molecule has 1 aromatic heterocycles. The van der Waals surface area contributed by atoms with Gasteiger partial charge in [-0.3, -0.25) is 0 Å². The lowest BCUT2D eigenvalue weighted by atomic mass is 10.0. The maximum absolute atomic E-state index is 14.4. The Bertz CT molecular complexity index is 956. The summed E-state index contributed by atoms with van der Waals surface area (Å²) in [6.45, 7) is 1.86. The average molecular weight is 375 g/mol. The first-order valence-electron chi connectivity index (χ1n) is 8.04. The number of halogens is 1. The summed E-state index contributed by atoms with van der Waals surface area (Å²) < 4.78 is 26.2. The highest BCUT2D eigenvalue weighted by Gasteiger charge is 2.29. The lowest BCUT2D eigenvalue weighted by molar-refractivity contribution is -0.154. The largest absolute Gasteiger partial charge is 0.491 e. The molecule has 0 amide bonds. The normalized spacial score (nSPS) is 15.8. The molecule has 8 nitrogen and oxygen atoms in total. The molecule has 142 valence electrons. The summed E-state index contributed by atoms with van der Waals surface area (Å²) in [7, 11) is 1.11. The monoisotopic (exact) mass is 375 g/mol. The minimum Gasteiger partial charge on any atom is -0.491 e. The van der Waals surface area contributed by atoms with Crippen molar-refractivity contribution in [1.29, 1.82) is 0 Å². The van der Waals surface area contributed by atoms with Crippen LogP contribution in [0.5, 0.6) is 5.75 Å². The second-order valence-corrected chi connectivity index (χ2v) is 6.12. The van der Waals surface area contributed by atoms with Gasteiger partial charge in [-0.05, 0) is 13.0 Å². The Morgan fingerprint density at radius 3 is 2.96 bits per heavy atom. The molecule has 1 aliphatic rings. The highest BCUT2D eigenvalue weighted by atomic mass is 19.1. The number of aliphatic hydroxyl groups is 2. The first-order chi connectivity index (χ1) is 12.7. The topological polar surface area (TPSA) is 120 Å². The molecule has 0 spiro atoms. The summed E-state index contributed by atoms with van der Waals surface area (Å²) in [5, 5.41) is 19.5. The zero-order chi connectivity index (χ0) is 19.8. The molecule has 1 aliphatic heterocycles. The van der Waals surface area contributed by atoms with Gasteiger partial charge in [-0.25, -0.2) is 14.2 Å². The smallest absolute Gasteiger partial charge is 0.350 e. The van der Waals surface area contributed by atoms with E-state index in [2.05, 4.69) is 21.6 Å². The molecule has 9 heteroatoms. The molecule has 0 aliphatic carbocycles. The van der Waals surface area contributed by atoms with Crippen LogP contribution in [0.2, 0.25) is 0 Å². The Balaban J connectivity index is 2.09. The minimum atomic E-state index is -2.08. The number of benzene rings is 1. The molecule has 27 heavy (non-hydrogen) atoms. The fraction of sp³-hybridized carbons (Fsp3) is 0.333. The van der Waals surface area contributed by atoms with Crippen LogP contribution in [0, 0.1) is 17.7 Å². The van der Waals surface area contributed by atoms with Crippen molar-refractivity contribution in [3.8, 4) is 29.0 Å². The van der Waals surface area contributed by atoms with E-state index in [0.717, 1.165) is 20.1 Å². The number of nitrogens with two attached hydrogens (primary N) is 1. The van der Waals surface area contributed by atoms with Crippen molar-refractivity contribution >= 4 is 5.97 Å². The van der Waals surface area contributed by atoms with E-state index >= 15 is 0 Å². The Morgan fingerprint density at radius 1 is 1.56 bits per heavy atom. The van der Waals surface area contributed by atoms with Gasteiger partial charge in [-0.2, -0.15) is 0 Å². The molecular weight excluding hydrogens is 357 g/mol. The molecule has 4 N–H and O–H groups in total. The van der Waals surface area contributed by atoms with Crippen molar-refractivity contribution in [2.24, 2.45) is 5.73 Å². The van der Waals surface area contributed by atoms with Crippen LogP contribution in [0.15, 0.2) is 18.3 Å². The molecule has 2 aromatic rings. The van der Waals surface area contributed by atoms with Crippen LogP contribution in [-0.4, -0.2) is 45.1 Å². The number of methoxy groups -OCH3 is 1. The van der Waals surface area contributed by atoms with Crippen LogP contribution < -0.4 is 10.5 Å². The standard InChI is InChI=1S/C18H18FN3O5/c1-18(25,17(24)26-2)4-3-10-7-11-14(8-12(10)19)27-6-5-22-9-13(15(20)23)21-16(11)22/h7-9,15,23,25H,5-6,20H2,1-2H3. The number of hydrogen-bond acceptors (Lipinski definition) is 7. The molecule has 2 heterocycles. The summed E-state index contributed by atoms with van der Waals surface area (Å²) in [6, 6.07) is 2.57. The number of carbonyl (C=O) groups is 1. The van der Waals surface area contributed by atoms with Crippen molar-refractivity contribution in [3.05, 3.63) is 35.4 Å². The number of ether oxygens (including phenoxy) is 2.